The number of aromatic hydroxyl groups is 3. The predicted molar refractivity (Wildman–Crippen MR) is 142 cm³/mol. The molecular weight excluding hydrogens is 596 g/mol. The summed E-state index contributed by atoms with van der Waals surface area (Å²) < 4.78 is 27.1. The van der Waals surface area contributed by atoms with Crippen LogP contribution in [0.5, 0.6) is 28.7 Å². The quantitative estimate of drug-likeness (QED) is 0.124. The van der Waals surface area contributed by atoms with E-state index in [4.69, 9.17) is 23.4 Å². The fourth-order valence-corrected chi connectivity index (χ4v) is 4.88. The van der Waals surface area contributed by atoms with Gasteiger partial charge in [-0.05, 0) is 18.2 Å². The number of fused-ring (bicyclic) bond motifs is 1. The van der Waals surface area contributed by atoms with Gasteiger partial charge in [0.2, 0.25) is 23.8 Å². The van der Waals surface area contributed by atoms with Gasteiger partial charge in [0.25, 0.3) is 0 Å². The number of hydrogen-bond acceptors (Lipinski definition) is 17. The second-order valence-corrected chi connectivity index (χ2v) is 10.2. The molecule has 2 aliphatic heterocycles. The van der Waals surface area contributed by atoms with Crippen molar-refractivity contribution in [3.05, 3.63) is 40.6 Å². The predicted octanol–water partition coefficient (Wildman–Crippen LogP) is -3.07. The third kappa shape index (κ3) is 5.61. The Morgan fingerprint density at radius 1 is 0.682 bits per heavy atom. The van der Waals surface area contributed by atoms with E-state index in [1.807, 2.05) is 0 Å². The zero-order valence-corrected chi connectivity index (χ0v) is 22.4. The zero-order chi connectivity index (χ0) is 32.0. The number of phenols is 2. The summed E-state index contributed by atoms with van der Waals surface area (Å²) >= 11 is 0. The number of phenolic OH excluding ortho intramolecular Hbond substituents is 2. The lowest BCUT2D eigenvalue weighted by molar-refractivity contribution is -0.277. The van der Waals surface area contributed by atoms with E-state index in [0.717, 1.165) is 24.3 Å². The van der Waals surface area contributed by atoms with Crippen molar-refractivity contribution in [1.29, 1.82) is 0 Å². The van der Waals surface area contributed by atoms with Crippen LogP contribution in [0.25, 0.3) is 22.3 Å². The molecule has 3 aromatic rings. The first kappa shape index (κ1) is 31.7. The fourth-order valence-electron chi connectivity index (χ4n) is 4.88. The van der Waals surface area contributed by atoms with E-state index < -0.39 is 108 Å². The molecule has 44 heavy (non-hydrogen) atoms. The van der Waals surface area contributed by atoms with Gasteiger partial charge in [-0.2, -0.15) is 0 Å². The first-order valence-electron chi connectivity index (χ1n) is 13.2. The fraction of sp³-hybridized carbons (Fsp3) is 0.444. The highest BCUT2D eigenvalue weighted by Gasteiger charge is 2.46. The molecule has 3 heterocycles. The van der Waals surface area contributed by atoms with Crippen LogP contribution < -0.4 is 14.9 Å². The lowest BCUT2D eigenvalue weighted by atomic mass is 9.99. The Labute approximate surface area is 246 Å². The van der Waals surface area contributed by atoms with Crippen molar-refractivity contribution < 1.29 is 79.5 Å². The van der Waals surface area contributed by atoms with E-state index in [-0.39, 0.29) is 22.6 Å². The van der Waals surface area contributed by atoms with Gasteiger partial charge in [-0.25, -0.2) is 0 Å². The van der Waals surface area contributed by atoms with Crippen molar-refractivity contribution in [1.82, 2.24) is 0 Å². The Morgan fingerprint density at radius 3 is 1.80 bits per heavy atom. The molecule has 0 bridgehead atoms. The van der Waals surface area contributed by atoms with Crippen molar-refractivity contribution in [3.63, 3.8) is 0 Å². The van der Waals surface area contributed by atoms with Crippen molar-refractivity contribution >= 4 is 11.0 Å². The second-order valence-electron chi connectivity index (χ2n) is 10.2. The van der Waals surface area contributed by atoms with E-state index in [0.29, 0.717) is 0 Å². The molecule has 0 saturated carbocycles. The van der Waals surface area contributed by atoms with Crippen molar-refractivity contribution in [2.24, 2.45) is 0 Å². The maximum atomic E-state index is 13.0. The molecule has 2 fully saturated rings. The van der Waals surface area contributed by atoms with Crippen LogP contribution in [0.3, 0.4) is 0 Å². The lowest BCUT2D eigenvalue weighted by Crippen LogP contribution is -2.60. The van der Waals surface area contributed by atoms with Gasteiger partial charge in [0.1, 0.15) is 71.3 Å². The minimum atomic E-state index is -1.78. The standard InChI is InChI=1S/C27H30O17/c28-6-14-17(32)20(35)23(38)26(43-14)40-9-4-11(31)16-13(5-9)41-25(22(37)19(16)34)8-1-2-12(10(30)3-8)42-27-24(39)21(36)18(33)15(7-29)44-27/h1-5,14-15,17-18,20-21,23-24,26-33,35-39H,6-7H2/t14-,15-,17-,18-,20+,21-,23-,24-,26-,27-/m1/s1. The highest BCUT2D eigenvalue weighted by Crippen LogP contribution is 2.39. The summed E-state index contributed by atoms with van der Waals surface area (Å²) in [6.45, 7) is -1.43. The second kappa shape index (κ2) is 12.3. The minimum Gasteiger partial charge on any atom is -0.507 e. The summed E-state index contributed by atoms with van der Waals surface area (Å²) in [6.07, 6.45) is -16.1. The Morgan fingerprint density at radius 2 is 1.25 bits per heavy atom. The summed E-state index contributed by atoms with van der Waals surface area (Å²) in [5.41, 5.74) is -1.47. The molecule has 240 valence electrons. The van der Waals surface area contributed by atoms with Crippen LogP contribution >= 0.6 is 0 Å². The molecule has 11 N–H and O–H groups in total. The summed E-state index contributed by atoms with van der Waals surface area (Å²) in [7, 11) is 0. The van der Waals surface area contributed by atoms with Gasteiger partial charge in [0, 0.05) is 17.7 Å². The van der Waals surface area contributed by atoms with Gasteiger partial charge in [-0.3, -0.25) is 4.79 Å². The Hall–Kier alpha value is -3.75. The molecule has 0 amide bonds. The molecule has 2 aliphatic rings. The molecule has 17 heteroatoms. The van der Waals surface area contributed by atoms with Gasteiger partial charge in [0.05, 0.1) is 13.2 Å². The van der Waals surface area contributed by atoms with Gasteiger partial charge < -0.3 is 79.5 Å². The van der Waals surface area contributed by atoms with Gasteiger partial charge in [-0.15, -0.1) is 0 Å². The van der Waals surface area contributed by atoms with E-state index in [1.165, 1.54) is 6.07 Å². The first-order chi connectivity index (χ1) is 20.9. The van der Waals surface area contributed by atoms with Gasteiger partial charge in [0.15, 0.2) is 17.3 Å². The SMILES string of the molecule is O=c1c(O)c(-c2ccc(O[C@@H]3O[C@H](CO)[C@@H](O)[C@@H](O)[C@H]3O)c(O)c2)oc2cc(O[C@@H]3O[C@H](CO)[C@@H](O)[C@H](O)[C@H]3O)cc(O)c12. The Kier molecular flexibility index (Phi) is 8.87. The van der Waals surface area contributed by atoms with Crippen molar-refractivity contribution in [2.45, 2.75) is 61.4 Å². The Balaban J connectivity index is 1.44. The van der Waals surface area contributed by atoms with Crippen LogP contribution in [-0.4, -0.2) is 131 Å². The molecule has 10 atom stereocenters. The van der Waals surface area contributed by atoms with E-state index >= 15 is 0 Å². The third-order valence-corrected chi connectivity index (χ3v) is 7.34. The average molecular weight is 627 g/mol. The molecule has 0 radical (unpaired) electrons. The number of ether oxygens (including phenoxy) is 4. The van der Waals surface area contributed by atoms with E-state index in [2.05, 4.69) is 0 Å². The summed E-state index contributed by atoms with van der Waals surface area (Å²) in [5.74, 6) is -3.27. The lowest BCUT2D eigenvalue weighted by Gasteiger charge is -2.39. The summed E-state index contributed by atoms with van der Waals surface area (Å²) in [5, 5.41) is 110. The maximum absolute atomic E-state index is 13.0. The molecule has 17 nitrogen and oxygen atoms in total. The number of aliphatic hydroxyl groups is 8. The molecule has 2 aromatic carbocycles. The zero-order valence-electron chi connectivity index (χ0n) is 22.4. The van der Waals surface area contributed by atoms with Crippen molar-refractivity contribution in [3.8, 4) is 40.1 Å². The van der Waals surface area contributed by atoms with E-state index in [1.54, 1.807) is 0 Å². The van der Waals surface area contributed by atoms with Crippen LogP contribution in [0.2, 0.25) is 0 Å². The molecule has 1 aromatic heterocycles. The van der Waals surface area contributed by atoms with Gasteiger partial charge in [-0.1, -0.05) is 0 Å². The molecule has 0 spiro atoms. The smallest absolute Gasteiger partial charge is 0.238 e. The largest absolute Gasteiger partial charge is 0.507 e. The molecule has 0 aliphatic carbocycles. The monoisotopic (exact) mass is 626 g/mol. The van der Waals surface area contributed by atoms with Crippen LogP contribution in [-0.2, 0) is 9.47 Å². The highest BCUT2D eigenvalue weighted by molar-refractivity contribution is 5.88. The average Bonchev–Trinajstić information content (AvgIpc) is 3.00. The molecule has 2 saturated heterocycles. The van der Waals surface area contributed by atoms with Crippen LogP contribution in [0.4, 0.5) is 0 Å². The minimum absolute atomic E-state index is 0.0695. The van der Waals surface area contributed by atoms with Gasteiger partial charge >= 0.3 is 0 Å². The number of rotatable bonds is 7. The van der Waals surface area contributed by atoms with Crippen LogP contribution in [0.1, 0.15) is 0 Å². The molecule has 0 unspecified atom stereocenters. The first-order valence-corrected chi connectivity index (χ1v) is 13.2. The topological polar surface area (TPSA) is 290 Å². The number of hydrogen-bond donors (Lipinski definition) is 11. The van der Waals surface area contributed by atoms with E-state index in [9.17, 15) is 61.0 Å². The number of benzene rings is 2. The molecule has 5 rings (SSSR count). The summed E-state index contributed by atoms with van der Waals surface area (Å²) in [4.78, 5) is 13.0. The molecular formula is C27H30O17. The number of aliphatic hydroxyl groups excluding tert-OH is 8. The highest BCUT2D eigenvalue weighted by atomic mass is 16.7. The van der Waals surface area contributed by atoms with Crippen LogP contribution in [0, 0.1) is 0 Å². The summed E-state index contributed by atoms with van der Waals surface area (Å²) in [6, 6.07) is 5.42. The Bertz CT molecular complexity index is 1550. The van der Waals surface area contributed by atoms with Crippen molar-refractivity contribution in [2.75, 3.05) is 13.2 Å². The van der Waals surface area contributed by atoms with Crippen LogP contribution in [0.15, 0.2) is 39.5 Å². The third-order valence-electron chi connectivity index (χ3n) is 7.34. The maximum Gasteiger partial charge on any atom is 0.238 e. The normalized spacial score (nSPS) is 32.5.